The van der Waals surface area contributed by atoms with Crippen LogP contribution in [0.15, 0.2) is 0 Å². The Balaban J connectivity index is 1.55. The molecule has 0 aromatic carbocycles. The molecule has 3 heterocycles. The van der Waals surface area contributed by atoms with Crippen LogP contribution >= 0.6 is 0 Å². The maximum atomic E-state index is 5.91. The third-order valence-electron chi connectivity index (χ3n) is 4.94. The lowest BCUT2D eigenvalue weighted by molar-refractivity contribution is -0.0507. The number of nitrogens with zero attached hydrogens (tertiary/aromatic N) is 2. The van der Waals surface area contributed by atoms with Crippen LogP contribution in [0.1, 0.15) is 26.2 Å². The molecular weight excluding hydrogens is 226 g/mol. The van der Waals surface area contributed by atoms with Gasteiger partial charge in [0.15, 0.2) is 0 Å². The lowest BCUT2D eigenvalue weighted by atomic mass is 9.98. The number of nitrogens with one attached hydrogen (secondary N) is 1. The summed E-state index contributed by atoms with van der Waals surface area (Å²) >= 11 is 0. The van der Waals surface area contributed by atoms with Crippen LogP contribution in [0.5, 0.6) is 0 Å². The Hall–Kier alpha value is -0.160. The summed E-state index contributed by atoms with van der Waals surface area (Å²) in [5, 5.41) is 3.45. The van der Waals surface area contributed by atoms with Gasteiger partial charge in [0.05, 0.1) is 12.7 Å². The van der Waals surface area contributed by atoms with E-state index in [2.05, 4.69) is 22.0 Å². The van der Waals surface area contributed by atoms with E-state index in [1.165, 1.54) is 45.4 Å². The summed E-state index contributed by atoms with van der Waals surface area (Å²) in [5.74, 6) is 0. The molecule has 3 rings (SSSR count). The normalized spacial score (nSPS) is 37.2. The molecule has 0 bridgehead atoms. The smallest absolute Gasteiger partial charge is 0.0852 e. The maximum Gasteiger partial charge on any atom is 0.0852 e. The van der Waals surface area contributed by atoms with Crippen LogP contribution in [0.25, 0.3) is 0 Å². The van der Waals surface area contributed by atoms with E-state index in [9.17, 15) is 0 Å². The number of piperidine rings is 1. The first kappa shape index (κ1) is 12.9. The molecule has 0 spiro atoms. The highest BCUT2D eigenvalue weighted by Crippen LogP contribution is 2.23. The molecule has 0 radical (unpaired) electrons. The highest BCUT2D eigenvalue weighted by Gasteiger charge is 2.33. The van der Waals surface area contributed by atoms with Crippen molar-refractivity contribution in [3.8, 4) is 0 Å². The molecule has 4 heteroatoms. The van der Waals surface area contributed by atoms with Crippen LogP contribution in [0.2, 0.25) is 0 Å². The highest BCUT2D eigenvalue weighted by molar-refractivity contribution is 4.90. The SMILES string of the molecule is CC(C1CNCCO1)N1CCN2CCCCC2C1. The van der Waals surface area contributed by atoms with Crippen molar-refractivity contribution in [2.24, 2.45) is 0 Å². The van der Waals surface area contributed by atoms with Crippen molar-refractivity contribution in [2.45, 2.75) is 44.4 Å². The number of fused-ring (bicyclic) bond motifs is 1. The summed E-state index contributed by atoms with van der Waals surface area (Å²) in [6.45, 7) is 10.3. The van der Waals surface area contributed by atoms with Crippen molar-refractivity contribution in [3.63, 3.8) is 0 Å². The van der Waals surface area contributed by atoms with Crippen molar-refractivity contribution >= 4 is 0 Å². The number of morpholine rings is 1. The monoisotopic (exact) mass is 253 g/mol. The van der Waals surface area contributed by atoms with Gasteiger partial charge in [-0.05, 0) is 26.3 Å². The molecule has 3 atom stereocenters. The molecule has 18 heavy (non-hydrogen) atoms. The van der Waals surface area contributed by atoms with Crippen molar-refractivity contribution in [1.29, 1.82) is 0 Å². The number of rotatable bonds is 2. The standard InChI is InChI=1S/C14H27N3O/c1-12(14-10-15-5-9-18-14)17-8-7-16-6-3-2-4-13(16)11-17/h12-15H,2-11H2,1H3. The molecule has 4 nitrogen and oxygen atoms in total. The van der Waals surface area contributed by atoms with Gasteiger partial charge in [0.2, 0.25) is 0 Å². The average Bonchev–Trinajstić information content (AvgIpc) is 2.47. The van der Waals surface area contributed by atoms with Crippen LogP contribution in [0.4, 0.5) is 0 Å². The molecule has 1 N–H and O–H groups in total. The van der Waals surface area contributed by atoms with Gasteiger partial charge in [0.25, 0.3) is 0 Å². The van der Waals surface area contributed by atoms with Crippen molar-refractivity contribution in [2.75, 3.05) is 45.9 Å². The van der Waals surface area contributed by atoms with E-state index in [-0.39, 0.29) is 0 Å². The molecule has 104 valence electrons. The molecule has 0 saturated carbocycles. The third-order valence-corrected chi connectivity index (χ3v) is 4.94. The maximum absolute atomic E-state index is 5.91. The van der Waals surface area contributed by atoms with E-state index < -0.39 is 0 Å². The second kappa shape index (κ2) is 5.87. The molecule has 3 unspecified atom stereocenters. The van der Waals surface area contributed by atoms with Gasteiger partial charge in [-0.3, -0.25) is 9.80 Å². The molecule has 0 aromatic rings. The number of hydrogen-bond donors (Lipinski definition) is 1. The fourth-order valence-corrected chi connectivity index (χ4v) is 3.68. The summed E-state index contributed by atoms with van der Waals surface area (Å²) in [4.78, 5) is 5.36. The Morgan fingerprint density at radius 1 is 1.22 bits per heavy atom. The molecule has 3 aliphatic heterocycles. The minimum absolute atomic E-state index is 0.383. The minimum atomic E-state index is 0.383. The van der Waals surface area contributed by atoms with Crippen LogP contribution in [0, 0.1) is 0 Å². The molecule has 0 aliphatic carbocycles. The van der Waals surface area contributed by atoms with E-state index in [4.69, 9.17) is 4.74 Å². The van der Waals surface area contributed by atoms with Crippen LogP contribution < -0.4 is 5.32 Å². The summed E-state index contributed by atoms with van der Waals surface area (Å²) in [6, 6.07) is 1.37. The van der Waals surface area contributed by atoms with E-state index >= 15 is 0 Å². The number of piperazine rings is 1. The van der Waals surface area contributed by atoms with Gasteiger partial charge >= 0.3 is 0 Å². The van der Waals surface area contributed by atoms with E-state index in [1.807, 2.05) is 0 Å². The molecule has 0 aromatic heterocycles. The van der Waals surface area contributed by atoms with E-state index in [0.29, 0.717) is 12.1 Å². The Morgan fingerprint density at radius 2 is 2.17 bits per heavy atom. The predicted octanol–water partition coefficient (Wildman–Crippen LogP) is 0.533. The Bertz CT molecular complexity index is 265. The van der Waals surface area contributed by atoms with Gasteiger partial charge < -0.3 is 10.1 Å². The summed E-state index contributed by atoms with van der Waals surface area (Å²) in [7, 11) is 0. The molecule has 3 aliphatic rings. The van der Waals surface area contributed by atoms with Crippen molar-refractivity contribution in [1.82, 2.24) is 15.1 Å². The van der Waals surface area contributed by atoms with Crippen LogP contribution in [-0.2, 0) is 4.74 Å². The van der Waals surface area contributed by atoms with Crippen molar-refractivity contribution in [3.05, 3.63) is 0 Å². The van der Waals surface area contributed by atoms with Crippen LogP contribution in [-0.4, -0.2) is 73.9 Å². The fourth-order valence-electron chi connectivity index (χ4n) is 3.68. The fraction of sp³-hybridized carbons (Fsp3) is 1.00. The largest absolute Gasteiger partial charge is 0.374 e. The van der Waals surface area contributed by atoms with Gasteiger partial charge in [0, 0.05) is 44.8 Å². The highest BCUT2D eigenvalue weighted by atomic mass is 16.5. The van der Waals surface area contributed by atoms with Crippen LogP contribution in [0.3, 0.4) is 0 Å². The molecular formula is C14H27N3O. The Morgan fingerprint density at radius 3 is 3.00 bits per heavy atom. The second-order valence-electron chi connectivity index (χ2n) is 6.03. The molecule has 0 amide bonds. The number of hydrogen-bond acceptors (Lipinski definition) is 4. The first-order valence-corrected chi connectivity index (χ1v) is 7.65. The zero-order valence-corrected chi connectivity index (χ0v) is 11.6. The number of ether oxygens (including phenoxy) is 1. The first-order chi connectivity index (χ1) is 8.84. The van der Waals surface area contributed by atoms with Crippen molar-refractivity contribution < 1.29 is 4.74 Å². The lowest BCUT2D eigenvalue weighted by Gasteiger charge is -2.47. The van der Waals surface area contributed by atoms with Gasteiger partial charge in [-0.15, -0.1) is 0 Å². The molecule has 3 fully saturated rings. The second-order valence-corrected chi connectivity index (χ2v) is 6.03. The summed E-state index contributed by atoms with van der Waals surface area (Å²) in [5.41, 5.74) is 0. The summed E-state index contributed by atoms with van der Waals surface area (Å²) in [6.07, 6.45) is 4.61. The topological polar surface area (TPSA) is 27.7 Å². The molecule has 3 saturated heterocycles. The Kier molecular flexibility index (Phi) is 4.19. The van der Waals surface area contributed by atoms with E-state index in [1.54, 1.807) is 0 Å². The van der Waals surface area contributed by atoms with Gasteiger partial charge in [0.1, 0.15) is 0 Å². The zero-order chi connectivity index (χ0) is 12.4. The van der Waals surface area contributed by atoms with Gasteiger partial charge in [-0.2, -0.15) is 0 Å². The third kappa shape index (κ3) is 2.72. The average molecular weight is 253 g/mol. The predicted molar refractivity (Wildman–Crippen MR) is 72.9 cm³/mol. The van der Waals surface area contributed by atoms with Gasteiger partial charge in [-0.1, -0.05) is 6.42 Å². The minimum Gasteiger partial charge on any atom is -0.374 e. The quantitative estimate of drug-likeness (QED) is 0.777. The summed E-state index contributed by atoms with van der Waals surface area (Å²) < 4.78 is 5.91. The Labute approximate surface area is 111 Å². The zero-order valence-electron chi connectivity index (χ0n) is 11.6. The van der Waals surface area contributed by atoms with E-state index in [0.717, 1.165) is 25.7 Å². The van der Waals surface area contributed by atoms with Gasteiger partial charge in [-0.25, -0.2) is 0 Å². The lowest BCUT2D eigenvalue weighted by Crippen LogP contribution is -2.60. The first-order valence-electron chi connectivity index (χ1n) is 7.65.